The van der Waals surface area contributed by atoms with Crippen molar-refractivity contribution in [2.45, 2.75) is 19.8 Å². The van der Waals surface area contributed by atoms with E-state index in [0.29, 0.717) is 5.69 Å². The molecular weight excluding hydrogens is 390 g/mol. The summed E-state index contributed by atoms with van der Waals surface area (Å²) < 4.78 is 0. The molecule has 0 radical (unpaired) electrons. The van der Waals surface area contributed by atoms with Crippen LogP contribution in [0.25, 0.3) is 21.8 Å². The Kier molecular flexibility index (Phi) is 5.70. The number of carbonyl (C=O) groups is 1. The number of aliphatic imine (C=N–C) groups is 2. The maximum atomic E-state index is 12.8. The molecule has 0 unspecified atom stereocenters. The van der Waals surface area contributed by atoms with Crippen molar-refractivity contribution in [2.24, 2.45) is 21.5 Å². The summed E-state index contributed by atoms with van der Waals surface area (Å²) in [5.74, 6) is -0.175. The molecule has 0 spiro atoms. The molecule has 4 aromatic rings. The molecule has 0 fully saturated rings. The zero-order chi connectivity index (χ0) is 21.8. The average Bonchev–Trinajstić information content (AvgIpc) is 3.38. The van der Waals surface area contributed by atoms with Crippen molar-refractivity contribution in [2.75, 3.05) is 12.0 Å². The Balaban J connectivity index is 1.57. The van der Waals surface area contributed by atoms with Crippen LogP contribution in [0.15, 0.2) is 64.7 Å². The number of hydrogen-bond acceptors (Lipinski definition) is 3. The predicted molar refractivity (Wildman–Crippen MR) is 127 cm³/mol. The van der Waals surface area contributed by atoms with Crippen molar-refractivity contribution in [1.29, 1.82) is 0 Å². The van der Waals surface area contributed by atoms with Crippen LogP contribution in [0.2, 0.25) is 0 Å². The number of fused-ring (bicyclic) bond motifs is 2. The highest BCUT2D eigenvalue weighted by atomic mass is 16.1. The summed E-state index contributed by atoms with van der Waals surface area (Å²) >= 11 is 0. The first-order chi connectivity index (χ1) is 15.0. The Hall–Kier alpha value is -4.07. The molecule has 8 heteroatoms. The smallest absolute Gasteiger partial charge is 0.272 e. The molecule has 8 nitrogen and oxygen atoms in total. The lowest BCUT2D eigenvalue weighted by Gasteiger charge is -2.05. The van der Waals surface area contributed by atoms with Gasteiger partial charge in [-0.15, -0.1) is 0 Å². The number of rotatable bonds is 7. The zero-order valence-corrected chi connectivity index (χ0v) is 17.3. The first kappa shape index (κ1) is 20.2. The van der Waals surface area contributed by atoms with Crippen LogP contribution in [-0.2, 0) is 0 Å². The van der Waals surface area contributed by atoms with Gasteiger partial charge in [-0.1, -0.05) is 25.5 Å². The quantitative estimate of drug-likeness (QED) is 0.232. The Bertz CT molecular complexity index is 1290. The van der Waals surface area contributed by atoms with Crippen molar-refractivity contribution in [3.63, 3.8) is 0 Å². The van der Waals surface area contributed by atoms with Crippen molar-refractivity contribution in [3.05, 3.63) is 66.0 Å². The molecule has 158 valence electrons. The number of benzene rings is 2. The molecule has 0 aliphatic carbocycles. The second-order valence-electron chi connectivity index (χ2n) is 7.30. The van der Waals surface area contributed by atoms with Crippen molar-refractivity contribution in [3.8, 4) is 0 Å². The molecule has 2 aromatic heterocycles. The van der Waals surface area contributed by atoms with Gasteiger partial charge in [-0.05, 0) is 53.8 Å². The monoisotopic (exact) mass is 415 g/mol. The van der Waals surface area contributed by atoms with Gasteiger partial charge in [0.25, 0.3) is 5.91 Å². The lowest BCUT2D eigenvalue weighted by Crippen LogP contribution is -2.22. The lowest BCUT2D eigenvalue weighted by molar-refractivity contribution is 0.102. The number of H-pyrrole nitrogens is 2. The number of nitrogens with two attached hydrogens (primary N) is 2. The third-order valence-electron chi connectivity index (χ3n) is 5.01. The third-order valence-corrected chi connectivity index (χ3v) is 5.01. The minimum absolute atomic E-state index is 0.0201. The van der Waals surface area contributed by atoms with Gasteiger partial charge in [0.05, 0.1) is 0 Å². The van der Waals surface area contributed by atoms with E-state index >= 15 is 0 Å². The summed E-state index contributed by atoms with van der Waals surface area (Å²) in [5.41, 5.74) is 15.8. The molecule has 0 saturated carbocycles. The van der Waals surface area contributed by atoms with Crippen molar-refractivity contribution < 1.29 is 4.79 Å². The summed E-state index contributed by atoms with van der Waals surface area (Å²) in [6.07, 6.45) is 3.63. The second kappa shape index (κ2) is 8.74. The van der Waals surface area contributed by atoms with E-state index in [9.17, 15) is 4.79 Å². The van der Waals surface area contributed by atoms with Gasteiger partial charge in [-0.2, -0.15) is 0 Å². The van der Waals surface area contributed by atoms with Gasteiger partial charge in [-0.25, -0.2) is 4.99 Å². The highest BCUT2D eigenvalue weighted by Crippen LogP contribution is 2.21. The molecule has 1 amide bonds. The molecule has 2 aromatic carbocycles. The van der Waals surface area contributed by atoms with Gasteiger partial charge in [-0.3, -0.25) is 9.79 Å². The Morgan fingerprint density at radius 1 is 1.00 bits per heavy atom. The molecule has 0 bridgehead atoms. The first-order valence-electron chi connectivity index (χ1n) is 10.1. The van der Waals surface area contributed by atoms with E-state index in [1.165, 1.54) is 0 Å². The molecule has 0 aliphatic heterocycles. The van der Waals surface area contributed by atoms with Crippen molar-refractivity contribution in [1.82, 2.24) is 9.97 Å². The standard InChI is InChI=1S/C23H25N7O/c1-2-3-18(27-13-28-23(24)25)15-5-7-19-16(10-15)11-21(30-19)22(31)29-17-6-4-14-8-9-26-20(14)12-17/h4-12,26,30H,2-3,13H2,1H3,(H,29,31)(H4,24,25,28)/b27-18+. The molecule has 31 heavy (non-hydrogen) atoms. The van der Waals surface area contributed by atoms with Gasteiger partial charge < -0.3 is 26.8 Å². The summed E-state index contributed by atoms with van der Waals surface area (Å²) in [5, 5.41) is 4.98. The molecule has 0 aliphatic rings. The molecular formula is C23H25N7O. The van der Waals surface area contributed by atoms with E-state index in [1.54, 1.807) is 0 Å². The number of carbonyl (C=O) groups excluding carboxylic acids is 1. The highest BCUT2D eigenvalue weighted by molar-refractivity contribution is 6.08. The fourth-order valence-electron chi connectivity index (χ4n) is 3.51. The minimum Gasteiger partial charge on any atom is -0.370 e. The summed E-state index contributed by atoms with van der Waals surface area (Å²) in [7, 11) is 0. The Labute approximate surface area is 179 Å². The summed E-state index contributed by atoms with van der Waals surface area (Å²) in [6.45, 7) is 2.29. The number of nitrogens with one attached hydrogen (secondary N) is 3. The zero-order valence-electron chi connectivity index (χ0n) is 17.3. The number of nitrogens with zero attached hydrogens (tertiary/aromatic N) is 2. The number of aromatic amines is 2. The molecule has 2 heterocycles. The molecule has 0 saturated heterocycles. The van der Waals surface area contributed by atoms with E-state index < -0.39 is 0 Å². The van der Waals surface area contributed by atoms with Crippen LogP contribution >= 0.6 is 0 Å². The van der Waals surface area contributed by atoms with Gasteiger partial charge in [0, 0.05) is 34.0 Å². The molecule has 0 atom stereocenters. The number of amides is 1. The fourth-order valence-corrected chi connectivity index (χ4v) is 3.51. The molecule has 4 rings (SSSR count). The number of guanidine groups is 1. The van der Waals surface area contributed by atoms with Crippen LogP contribution < -0.4 is 16.8 Å². The second-order valence-corrected chi connectivity index (χ2v) is 7.30. The van der Waals surface area contributed by atoms with E-state index in [2.05, 4.69) is 32.2 Å². The average molecular weight is 416 g/mol. The summed E-state index contributed by atoms with van der Waals surface area (Å²) in [4.78, 5) is 27.6. The summed E-state index contributed by atoms with van der Waals surface area (Å²) in [6, 6.07) is 15.6. The van der Waals surface area contributed by atoms with Crippen LogP contribution in [0.4, 0.5) is 5.69 Å². The first-order valence-corrected chi connectivity index (χ1v) is 10.1. The van der Waals surface area contributed by atoms with E-state index in [0.717, 1.165) is 51.6 Å². The minimum atomic E-state index is -0.195. The normalized spacial score (nSPS) is 11.7. The SMILES string of the molecule is CCC/C(=N\CN=C(N)N)c1ccc2[nH]c(C(=O)Nc3ccc4cc[nH]c4c3)cc2c1. The fraction of sp³-hybridized carbons (Fsp3) is 0.174. The van der Waals surface area contributed by atoms with Crippen LogP contribution in [0.3, 0.4) is 0 Å². The van der Waals surface area contributed by atoms with Crippen LogP contribution in [0, 0.1) is 0 Å². The maximum absolute atomic E-state index is 12.8. The topological polar surface area (TPSA) is 137 Å². The number of hydrogen-bond donors (Lipinski definition) is 5. The Morgan fingerprint density at radius 2 is 1.87 bits per heavy atom. The maximum Gasteiger partial charge on any atom is 0.272 e. The number of aromatic nitrogens is 2. The number of anilines is 1. The van der Waals surface area contributed by atoms with Crippen molar-refractivity contribution >= 4 is 45.1 Å². The van der Waals surface area contributed by atoms with Gasteiger partial charge in [0.1, 0.15) is 12.4 Å². The van der Waals surface area contributed by atoms with Crippen LogP contribution in [-0.4, -0.2) is 34.2 Å². The predicted octanol–water partition coefficient (Wildman–Crippen LogP) is 3.72. The van der Waals surface area contributed by atoms with Crippen LogP contribution in [0.5, 0.6) is 0 Å². The van der Waals surface area contributed by atoms with E-state index in [1.807, 2.05) is 54.7 Å². The van der Waals surface area contributed by atoms with E-state index in [4.69, 9.17) is 11.5 Å². The van der Waals surface area contributed by atoms with E-state index in [-0.39, 0.29) is 18.5 Å². The van der Waals surface area contributed by atoms with Gasteiger partial charge in [0.15, 0.2) is 5.96 Å². The van der Waals surface area contributed by atoms with Gasteiger partial charge in [0.2, 0.25) is 0 Å². The van der Waals surface area contributed by atoms with Gasteiger partial charge >= 0.3 is 0 Å². The lowest BCUT2D eigenvalue weighted by atomic mass is 10.0. The Morgan fingerprint density at radius 3 is 2.68 bits per heavy atom. The van der Waals surface area contributed by atoms with Crippen LogP contribution in [0.1, 0.15) is 35.8 Å². The largest absolute Gasteiger partial charge is 0.370 e. The third kappa shape index (κ3) is 4.58. The highest BCUT2D eigenvalue weighted by Gasteiger charge is 2.12. The molecule has 7 N–H and O–H groups in total.